The highest BCUT2D eigenvalue weighted by molar-refractivity contribution is 5.75. The third-order valence-electron chi connectivity index (χ3n) is 5.74. The van der Waals surface area contributed by atoms with Crippen LogP contribution in [0, 0.1) is 20.8 Å². The van der Waals surface area contributed by atoms with Crippen LogP contribution < -0.4 is 15.4 Å². The molecule has 1 aliphatic heterocycles. The first-order valence-electron chi connectivity index (χ1n) is 10.5. The van der Waals surface area contributed by atoms with Crippen LogP contribution in [-0.2, 0) is 4.74 Å². The van der Waals surface area contributed by atoms with Crippen molar-refractivity contribution in [3.05, 3.63) is 47.5 Å². The van der Waals surface area contributed by atoms with Crippen LogP contribution in [0.15, 0.2) is 35.0 Å². The fourth-order valence-corrected chi connectivity index (χ4v) is 3.84. The molecule has 1 aliphatic rings. The molecule has 0 unspecified atom stereocenters. The molecule has 5 rings (SSSR count). The molecule has 0 spiro atoms. The molecule has 0 aromatic carbocycles. The number of rotatable bonds is 6. The van der Waals surface area contributed by atoms with Crippen molar-refractivity contribution in [2.45, 2.75) is 33.0 Å². The van der Waals surface area contributed by atoms with Crippen LogP contribution in [0.3, 0.4) is 0 Å². The molecule has 5 heterocycles. The van der Waals surface area contributed by atoms with Gasteiger partial charge in [-0.25, -0.2) is 4.52 Å². The minimum Gasteiger partial charge on any atom is -0.468 e. The molecule has 32 heavy (non-hydrogen) atoms. The van der Waals surface area contributed by atoms with Gasteiger partial charge in [0.05, 0.1) is 16.8 Å². The summed E-state index contributed by atoms with van der Waals surface area (Å²) >= 11 is 0. The van der Waals surface area contributed by atoms with Gasteiger partial charge in [-0.3, -0.25) is 0 Å². The Kier molecular flexibility index (Phi) is 5.24. The predicted octanol–water partition coefficient (Wildman–Crippen LogP) is 2.81. The maximum absolute atomic E-state index is 6.16. The molecule has 10 nitrogen and oxygen atoms in total. The number of aryl methyl sites for hydroxylation is 3. The van der Waals surface area contributed by atoms with Crippen molar-refractivity contribution in [1.82, 2.24) is 30.3 Å². The summed E-state index contributed by atoms with van der Waals surface area (Å²) in [7, 11) is 1.69. The summed E-state index contributed by atoms with van der Waals surface area (Å²) < 4.78 is 18.9. The largest absolute Gasteiger partial charge is 0.468 e. The molecule has 166 valence electrons. The molecule has 0 bridgehead atoms. The molecular weight excluding hydrogens is 410 g/mol. The Balaban J connectivity index is 1.43. The lowest BCUT2D eigenvalue weighted by atomic mass is 10.1. The van der Waals surface area contributed by atoms with Crippen LogP contribution in [0.2, 0.25) is 0 Å². The fourth-order valence-electron chi connectivity index (χ4n) is 3.84. The van der Waals surface area contributed by atoms with Crippen LogP contribution in [0.4, 0.5) is 11.6 Å². The van der Waals surface area contributed by atoms with Crippen LogP contribution in [-0.4, -0.2) is 57.4 Å². The number of ether oxygens (including phenoxy) is 2. The van der Waals surface area contributed by atoms with E-state index in [0.717, 1.165) is 34.4 Å². The zero-order chi connectivity index (χ0) is 22.2. The summed E-state index contributed by atoms with van der Waals surface area (Å²) in [6.45, 7) is 7.25. The molecule has 0 aliphatic carbocycles. The van der Waals surface area contributed by atoms with Gasteiger partial charge in [-0.1, -0.05) is 0 Å². The second-order valence-electron chi connectivity index (χ2n) is 7.95. The summed E-state index contributed by atoms with van der Waals surface area (Å²) in [4.78, 5) is 0. The lowest BCUT2D eigenvalue weighted by Gasteiger charge is -2.17. The first-order chi connectivity index (χ1) is 15.5. The van der Waals surface area contributed by atoms with Crippen molar-refractivity contribution in [2.24, 2.45) is 0 Å². The quantitative estimate of drug-likeness (QED) is 0.472. The standard InChI is InChI=1S/C22H25N7O3/c1-12-7-19(26-25-13(12)2)24-20-9-16-8-15(5-6-29(16)27-20)21-14(3)32-28-22(21)31-18-11-23-10-17(18)30-4/h5-9,17-18,23H,10-11H2,1-4H3,(H,24,26,27)/t17-,18+/m0/s1. The topological polar surface area (TPSA) is 112 Å². The SMILES string of the molecule is CO[C@H]1CNC[C@H]1Oc1noc(C)c1-c1ccn2nc(Nc3cc(C)c(C)nn3)cc2c1. The molecule has 0 saturated carbocycles. The summed E-state index contributed by atoms with van der Waals surface area (Å²) in [6.07, 6.45) is 1.74. The predicted molar refractivity (Wildman–Crippen MR) is 118 cm³/mol. The molecule has 4 aromatic rings. The average molecular weight is 435 g/mol. The Bertz CT molecular complexity index is 1270. The van der Waals surface area contributed by atoms with Gasteiger partial charge in [-0.05, 0) is 55.3 Å². The zero-order valence-electron chi connectivity index (χ0n) is 18.4. The van der Waals surface area contributed by atoms with E-state index in [1.807, 2.05) is 51.2 Å². The maximum Gasteiger partial charge on any atom is 0.262 e. The van der Waals surface area contributed by atoms with Crippen molar-refractivity contribution in [1.29, 1.82) is 0 Å². The number of nitrogens with zero attached hydrogens (tertiary/aromatic N) is 5. The number of nitrogens with one attached hydrogen (secondary N) is 2. The number of hydrogen-bond acceptors (Lipinski definition) is 9. The first-order valence-corrected chi connectivity index (χ1v) is 10.5. The minimum atomic E-state index is -0.128. The third-order valence-corrected chi connectivity index (χ3v) is 5.74. The highest BCUT2D eigenvalue weighted by Gasteiger charge is 2.31. The maximum atomic E-state index is 6.16. The molecule has 0 amide bonds. The van der Waals surface area contributed by atoms with E-state index in [-0.39, 0.29) is 12.2 Å². The normalized spacial score (nSPS) is 18.4. The Morgan fingerprint density at radius 3 is 2.75 bits per heavy atom. The van der Waals surface area contributed by atoms with E-state index in [0.29, 0.717) is 29.8 Å². The second kappa shape index (κ2) is 8.21. The Hall–Kier alpha value is -3.50. The molecule has 10 heteroatoms. The summed E-state index contributed by atoms with van der Waals surface area (Å²) in [6, 6.07) is 7.89. The monoisotopic (exact) mass is 435 g/mol. The van der Waals surface area contributed by atoms with E-state index in [4.69, 9.17) is 14.0 Å². The number of hydrogen-bond donors (Lipinski definition) is 2. The molecular formula is C22H25N7O3. The van der Waals surface area contributed by atoms with E-state index in [9.17, 15) is 0 Å². The van der Waals surface area contributed by atoms with E-state index in [2.05, 4.69) is 31.1 Å². The minimum absolute atomic E-state index is 0.0284. The van der Waals surface area contributed by atoms with Crippen molar-refractivity contribution in [3.8, 4) is 17.0 Å². The number of anilines is 2. The Morgan fingerprint density at radius 2 is 1.94 bits per heavy atom. The highest BCUT2D eigenvalue weighted by Crippen LogP contribution is 2.34. The van der Waals surface area contributed by atoms with Crippen LogP contribution in [0.25, 0.3) is 16.6 Å². The van der Waals surface area contributed by atoms with Gasteiger partial charge in [0.25, 0.3) is 5.88 Å². The van der Waals surface area contributed by atoms with Crippen molar-refractivity contribution >= 4 is 17.2 Å². The molecule has 2 atom stereocenters. The Morgan fingerprint density at radius 1 is 1.09 bits per heavy atom. The van der Waals surface area contributed by atoms with Crippen molar-refractivity contribution in [2.75, 3.05) is 25.5 Å². The van der Waals surface area contributed by atoms with E-state index < -0.39 is 0 Å². The smallest absolute Gasteiger partial charge is 0.262 e. The summed E-state index contributed by atoms with van der Waals surface area (Å²) in [5.41, 5.74) is 4.64. The molecule has 0 radical (unpaired) electrons. The molecule has 1 fully saturated rings. The fraction of sp³-hybridized carbons (Fsp3) is 0.364. The summed E-state index contributed by atoms with van der Waals surface area (Å²) in [5.74, 6) is 2.48. The van der Waals surface area contributed by atoms with Crippen molar-refractivity contribution in [3.63, 3.8) is 0 Å². The first kappa shape index (κ1) is 20.4. The lowest BCUT2D eigenvalue weighted by molar-refractivity contribution is 0.0312. The van der Waals surface area contributed by atoms with Gasteiger partial charge in [-0.2, -0.15) is 10.2 Å². The number of pyridine rings is 1. The van der Waals surface area contributed by atoms with Crippen molar-refractivity contribution < 1.29 is 14.0 Å². The van der Waals surface area contributed by atoms with Crippen LogP contribution >= 0.6 is 0 Å². The van der Waals surface area contributed by atoms with E-state index in [1.54, 1.807) is 11.6 Å². The average Bonchev–Trinajstić information content (AvgIpc) is 3.48. The van der Waals surface area contributed by atoms with Gasteiger partial charge in [-0.15, -0.1) is 5.10 Å². The zero-order valence-corrected chi connectivity index (χ0v) is 18.4. The van der Waals surface area contributed by atoms with Crippen LogP contribution in [0.1, 0.15) is 17.0 Å². The summed E-state index contributed by atoms with van der Waals surface area (Å²) in [5, 5.41) is 23.6. The lowest BCUT2D eigenvalue weighted by Crippen LogP contribution is -2.31. The van der Waals surface area contributed by atoms with Gasteiger partial charge >= 0.3 is 0 Å². The molecule has 4 aromatic heterocycles. The third kappa shape index (κ3) is 3.78. The van der Waals surface area contributed by atoms with Gasteiger partial charge in [0.15, 0.2) is 11.6 Å². The van der Waals surface area contributed by atoms with Gasteiger partial charge < -0.3 is 24.6 Å². The van der Waals surface area contributed by atoms with E-state index >= 15 is 0 Å². The molecule has 2 N–H and O–H groups in total. The number of aromatic nitrogens is 5. The van der Waals surface area contributed by atoms with Gasteiger partial charge in [0.2, 0.25) is 0 Å². The van der Waals surface area contributed by atoms with Gasteiger partial charge in [0, 0.05) is 32.5 Å². The molecule has 1 saturated heterocycles. The number of methoxy groups -OCH3 is 1. The highest BCUT2D eigenvalue weighted by atomic mass is 16.6. The van der Waals surface area contributed by atoms with Crippen LogP contribution in [0.5, 0.6) is 5.88 Å². The van der Waals surface area contributed by atoms with E-state index in [1.165, 1.54) is 0 Å². The second-order valence-corrected chi connectivity index (χ2v) is 7.95. The Labute approximate surface area is 184 Å². The number of fused-ring (bicyclic) bond motifs is 1. The van der Waals surface area contributed by atoms with Gasteiger partial charge in [0.1, 0.15) is 18.0 Å².